The van der Waals surface area contributed by atoms with Gasteiger partial charge in [0.15, 0.2) is 0 Å². The van der Waals surface area contributed by atoms with Crippen LogP contribution < -0.4 is 9.65 Å². The molecule has 0 aliphatic rings. The lowest BCUT2D eigenvalue weighted by Crippen LogP contribution is -2.30. The molecule has 0 amide bonds. The second-order valence-corrected chi connectivity index (χ2v) is 4.10. The normalized spacial score (nSPS) is 10.6. The first-order chi connectivity index (χ1) is 8.31. The van der Waals surface area contributed by atoms with E-state index in [1.165, 1.54) is 6.07 Å². The topological polar surface area (TPSA) is 133 Å². The maximum Gasteiger partial charge on any atom is 0.488 e. The molecule has 1 rings (SSSR count). The van der Waals surface area contributed by atoms with Gasteiger partial charge in [-0.3, -0.25) is 0 Å². The molecule has 1 aromatic rings. The summed E-state index contributed by atoms with van der Waals surface area (Å²) >= 11 is 0. The second-order valence-electron chi connectivity index (χ2n) is 3.15. The number of hydrogen-bond donors (Lipinski definition) is 2. The first-order valence-corrected chi connectivity index (χ1v) is 5.77. The van der Waals surface area contributed by atoms with E-state index in [-0.39, 0.29) is 17.6 Å². The minimum absolute atomic E-state index is 0.126. The van der Waals surface area contributed by atoms with Crippen LogP contribution in [-0.4, -0.2) is 25.6 Å². The van der Waals surface area contributed by atoms with Crippen LogP contribution >= 0.6 is 0 Å². The molecule has 0 heterocycles. The quantitative estimate of drug-likeness (QED) is 0.252. The Hall–Kier alpha value is -1.81. The van der Waals surface area contributed by atoms with Crippen molar-refractivity contribution in [2.24, 2.45) is 5.11 Å². The second kappa shape index (κ2) is 5.69. The van der Waals surface area contributed by atoms with Crippen LogP contribution in [-0.2, 0) is 17.0 Å². The van der Waals surface area contributed by atoms with Crippen molar-refractivity contribution in [3.8, 4) is 5.75 Å². The molecule has 0 aromatic heterocycles. The van der Waals surface area contributed by atoms with Crippen molar-refractivity contribution in [2.45, 2.75) is 6.54 Å². The van der Waals surface area contributed by atoms with Gasteiger partial charge in [0.05, 0.1) is 6.54 Å². The Morgan fingerprint density at radius 2 is 2.11 bits per heavy atom. The van der Waals surface area contributed by atoms with Gasteiger partial charge in [0.2, 0.25) is 0 Å². The highest BCUT2D eigenvalue weighted by Crippen LogP contribution is 2.16. The highest BCUT2D eigenvalue weighted by Gasteiger charge is 2.16. The molecule has 0 saturated heterocycles. The average molecular weight is 275 g/mol. The van der Waals surface area contributed by atoms with Crippen LogP contribution in [0.25, 0.3) is 10.4 Å². The summed E-state index contributed by atoms with van der Waals surface area (Å²) in [6.07, 6.45) is 0. The summed E-state index contributed by atoms with van der Waals surface area (Å²) in [5.74, 6) is -0.453. The fourth-order valence-electron chi connectivity index (χ4n) is 1.20. The average Bonchev–Trinajstić information content (AvgIpc) is 2.23. The van der Waals surface area contributed by atoms with Gasteiger partial charge in [0, 0.05) is 4.91 Å². The van der Waals surface area contributed by atoms with Crippen LogP contribution in [0.15, 0.2) is 23.3 Å². The minimum Gasteiger partial charge on any atom is -0.423 e. The molecule has 0 atom stereocenters. The molecule has 0 aliphatic carbocycles. The van der Waals surface area contributed by atoms with Crippen LogP contribution in [0.4, 0.5) is 3.89 Å². The van der Waals surface area contributed by atoms with Gasteiger partial charge >= 0.3 is 17.6 Å². The van der Waals surface area contributed by atoms with Crippen molar-refractivity contribution >= 4 is 23.1 Å². The van der Waals surface area contributed by atoms with E-state index >= 15 is 0 Å². The third-order valence-corrected chi connectivity index (χ3v) is 2.19. The number of rotatable bonds is 5. The SMILES string of the molecule is [N-]=[N+]=NCc1cc(OS(=O)(=O)F)cc(B(O)O)c1. The smallest absolute Gasteiger partial charge is 0.423 e. The molecule has 1 aromatic carbocycles. The Balaban J connectivity index is 3.17. The minimum atomic E-state index is -5.22. The molecule has 0 unspecified atom stereocenters. The Morgan fingerprint density at radius 1 is 1.44 bits per heavy atom. The van der Waals surface area contributed by atoms with E-state index in [1.54, 1.807) is 0 Å². The molecule has 0 radical (unpaired) electrons. The maximum absolute atomic E-state index is 12.3. The molecule has 0 aliphatic heterocycles. The standard InChI is InChI=1S/C7H7BFN3O5S/c9-18(15,16)17-7-2-5(4-11-12-10)1-6(3-7)8(13)14/h1-3,13-14H,4H2. The summed E-state index contributed by atoms with van der Waals surface area (Å²) in [6.45, 7) is -0.181. The van der Waals surface area contributed by atoms with E-state index in [2.05, 4.69) is 14.2 Å². The van der Waals surface area contributed by atoms with E-state index in [1.807, 2.05) is 0 Å². The van der Waals surface area contributed by atoms with E-state index in [0.717, 1.165) is 12.1 Å². The summed E-state index contributed by atoms with van der Waals surface area (Å²) in [4.78, 5) is 2.48. The molecule has 18 heavy (non-hydrogen) atoms. The number of nitrogens with zero attached hydrogens (tertiary/aromatic N) is 3. The number of hydrogen-bond acceptors (Lipinski definition) is 6. The summed E-state index contributed by atoms with van der Waals surface area (Å²) in [7, 11) is -7.13. The maximum atomic E-state index is 12.3. The van der Waals surface area contributed by atoms with Crippen molar-refractivity contribution in [3.05, 3.63) is 34.2 Å². The van der Waals surface area contributed by atoms with Gasteiger partial charge in [-0.15, -0.1) is 0 Å². The Labute approximate surface area is 102 Å². The fourth-order valence-corrected chi connectivity index (χ4v) is 1.53. The molecule has 8 nitrogen and oxygen atoms in total. The van der Waals surface area contributed by atoms with Crippen molar-refractivity contribution in [3.63, 3.8) is 0 Å². The van der Waals surface area contributed by atoms with E-state index in [9.17, 15) is 12.3 Å². The molecular formula is C7H7BFN3O5S. The highest BCUT2D eigenvalue weighted by atomic mass is 32.3. The Kier molecular flexibility index (Phi) is 4.51. The van der Waals surface area contributed by atoms with E-state index in [4.69, 9.17) is 15.6 Å². The van der Waals surface area contributed by atoms with Crippen LogP contribution in [0.3, 0.4) is 0 Å². The third-order valence-electron chi connectivity index (χ3n) is 1.80. The zero-order valence-electron chi connectivity index (χ0n) is 8.76. The van der Waals surface area contributed by atoms with Crippen molar-refractivity contribution in [1.29, 1.82) is 0 Å². The van der Waals surface area contributed by atoms with Crippen molar-refractivity contribution in [2.75, 3.05) is 0 Å². The largest absolute Gasteiger partial charge is 0.488 e. The van der Waals surface area contributed by atoms with Crippen LogP contribution in [0, 0.1) is 0 Å². The van der Waals surface area contributed by atoms with Gasteiger partial charge in [-0.1, -0.05) is 15.1 Å². The van der Waals surface area contributed by atoms with Gasteiger partial charge in [0.25, 0.3) is 0 Å². The van der Waals surface area contributed by atoms with Crippen LogP contribution in [0.1, 0.15) is 5.56 Å². The predicted molar refractivity (Wildman–Crippen MR) is 59.8 cm³/mol. The van der Waals surface area contributed by atoms with Gasteiger partial charge in [-0.05, 0) is 28.7 Å². The van der Waals surface area contributed by atoms with E-state index < -0.39 is 23.4 Å². The molecule has 0 spiro atoms. The number of halogens is 1. The summed E-state index contributed by atoms with van der Waals surface area (Å²) in [5.41, 5.74) is 8.24. The lowest BCUT2D eigenvalue weighted by atomic mass is 9.79. The summed E-state index contributed by atoms with van der Waals surface area (Å²) in [5, 5.41) is 21.1. The summed E-state index contributed by atoms with van der Waals surface area (Å²) < 4.78 is 36.9. The molecule has 0 fully saturated rings. The molecule has 11 heteroatoms. The molecule has 2 N–H and O–H groups in total. The predicted octanol–water partition coefficient (Wildman–Crippen LogP) is -0.230. The van der Waals surface area contributed by atoms with E-state index in [0.29, 0.717) is 0 Å². The zero-order chi connectivity index (χ0) is 13.8. The lowest BCUT2D eigenvalue weighted by Gasteiger charge is -2.06. The third kappa shape index (κ3) is 4.59. The fraction of sp³-hybridized carbons (Fsp3) is 0.143. The number of benzene rings is 1. The molecule has 0 bridgehead atoms. The Morgan fingerprint density at radius 3 is 2.61 bits per heavy atom. The van der Waals surface area contributed by atoms with Crippen molar-refractivity contribution < 1.29 is 26.5 Å². The first kappa shape index (κ1) is 14.3. The monoisotopic (exact) mass is 275 g/mol. The van der Waals surface area contributed by atoms with Gasteiger partial charge < -0.3 is 14.2 Å². The first-order valence-electron chi connectivity index (χ1n) is 4.47. The Bertz CT molecular complexity index is 587. The molecular weight excluding hydrogens is 268 g/mol. The number of azide groups is 1. The van der Waals surface area contributed by atoms with Gasteiger partial charge in [0.1, 0.15) is 5.75 Å². The lowest BCUT2D eigenvalue weighted by molar-refractivity contribution is 0.423. The van der Waals surface area contributed by atoms with Crippen molar-refractivity contribution in [1.82, 2.24) is 0 Å². The molecule has 0 saturated carbocycles. The highest BCUT2D eigenvalue weighted by molar-refractivity contribution is 7.81. The summed E-state index contributed by atoms with van der Waals surface area (Å²) in [6, 6.07) is 3.27. The van der Waals surface area contributed by atoms with Gasteiger partial charge in [-0.2, -0.15) is 8.42 Å². The van der Waals surface area contributed by atoms with Crippen LogP contribution in [0.2, 0.25) is 0 Å². The molecule has 96 valence electrons. The zero-order valence-corrected chi connectivity index (χ0v) is 9.58. The van der Waals surface area contributed by atoms with Gasteiger partial charge in [-0.25, -0.2) is 0 Å². The van der Waals surface area contributed by atoms with Crippen LogP contribution in [0.5, 0.6) is 5.75 Å².